The van der Waals surface area contributed by atoms with E-state index in [4.69, 9.17) is 4.74 Å². The van der Waals surface area contributed by atoms with Gasteiger partial charge in [0.15, 0.2) is 0 Å². The lowest BCUT2D eigenvalue weighted by molar-refractivity contribution is 0.147. The summed E-state index contributed by atoms with van der Waals surface area (Å²) in [5.74, 6) is 0.217. The molecule has 0 saturated carbocycles. The molecule has 4 heteroatoms. The third kappa shape index (κ3) is 4.45. The minimum absolute atomic E-state index is 0.0829. The number of ether oxygens (including phenoxy) is 1. The molecule has 0 heterocycles. The van der Waals surface area contributed by atoms with Gasteiger partial charge in [-0.3, -0.25) is 0 Å². The molecule has 1 aromatic carbocycles. The fourth-order valence-electron chi connectivity index (χ4n) is 1.49. The number of hydrogen-bond acceptors (Lipinski definition) is 1. The normalized spacial score (nSPS) is 11.7. The quantitative estimate of drug-likeness (QED) is 0.736. The molecule has 0 aliphatic rings. The Kier molecular flexibility index (Phi) is 5.78. The van der Waals surface area contributed by atoms with Gasteiger partial charge in [0, 0.05) is 0 Å². The molecule has 18 heavy (non-hydrogen) atoms. The Morgan fingerprint density at radius 1 is 1.33 bits per heavy atom. The number of hydrogen-bond donors (Lipinski definition) is 0. The van der Waals surface area contributed by atoms with Crippen molar-refractivity contribution in [2.24, 2.45) is 0 Å². The molecular formula is C14H18F2NO-. The van der Waals surface area contributed by atoms with E-state index in [1.807, 2.05) is 19.9 Å². The van der Waals surface area contributed by atoms with Crippen molar-refractivity contribution >= 4 is 6.08 Å². The van der Waals surface area contributed by atoms with Crippen LogP contribution in [0.25, 0.3) is 11.4 Å². The van der Waals surface area contributed by atoms with Gasteiger partial charge >= 0.3 is 0 Å². The Hall–Kier alpha value is -1.42. The second-order valence-corrected chi connectivity index (χ2v) is 4.16. The highest BCUT2D eigenvalue weighted by Crippen LogP contribution is 2.30. The molecule has 2 nitrogen and oxygen atoms in total. The molecule has 0 unspecified atom stereocenters. The van der Waals surface area contributed by atoms with Crippen LogP contribution in [0.3, 0.4) is 0 Å². The summed E-state index contributed by atoms with van der Waals surface area (Å²) >= 11 is 0. The largest absolute Gasteiger partial charge is 0.657 e. The van der Waals surface area contributed by atoms with Gasteiger partial charge in [-0.05, 0) is 17.7 Å². The van der Waals surface area contributed by atoms with Gasteiger partial charge in [0.1, 0.15) is 5.75 Å². The van der Waals surface area contributed by atoms with E-state index < -0.39 is 6.43 Å². The molecule has 0 atom stereocenters. The lowest BCUT2D eigenvalue weighted by Gasteiger charge is -2.21. The van der Waals surface area contributed by atoms with Crippen molar-refractivity contribution in [3.8, 4) is 5.75 Å². The molecule has 0 aliphatic carbocycles. The van der Waals surface area contributed by atoms with Crippen LogP contribution in [0.15, 0.2) is 24.3 Å². The van der Waals surface area contributed by atoms with Crippen molar-refractivity contribution in [3.63, 3.8) is 0 Å². The van der Waals surface area contributed by atoms with E-state index in [2.05, 4.69) is 5.32 Å². The Bertz CT molecular complexity index is 403. The highest BCUT2D eigenvalue weighted by Gasteiger charge is 2.13. The molecule has 0 N–H and O–H groups in total. The third-order valence-corrected chi connectivity index (χ3v) is 2.38. The molecule has 1 rings (SSSR count). The van der Waals surface area contributed by atoms with Gasteiger partial charge < -0.3 is 10.1 Å². The van der Waals surface area contributed by atoms with Gasteiger partial charge in [-0.15, -0.1) is 18.7 Å². The number of alkyl halides is 2. The van der Waals surface area contributed by atoms with Crippen LogP contribution in [0.4, 0.5) is 8.78 Å². The van der Waals surface area contributed by atoms with Crippen LogP contribution in [0.1, 0.15) is 31.4 Å². The second kappa shape index (κ2) is 7.11. The van der Waals surface area contributed by atoms with E-state index in [0.717, 1.165) is 5.56 Å². The fourth-order valence-corrected chi connectivity index (χ4v) is 1.49. The van der Waals surface area contributed by atoms with E-state index in [0.29, 0.717) is 6.54 Å². The first-order valence-electron chi connectivity index (χ1n) is 5.83. The zero-order valence-electron chi connectivity index (χ0n) is 10.9. The molecular weight excluding hydrogens is 236 g/mol. The average molecular weight is 254 g/mol. The molecule has 100 valence electrons. The second-order valence-electron chi connectivity index (χ2n) is 4.16. The van der Waals surface area contributed by atoms with Crippen molar-refractivity contribution in [2.75, 3.05) is 13.7 Å². The van der Waals surface area contributed by atoms with Crippen molar-refractivity contribution in [3.05, 3.63) is 40.7 Å². The highest BCUT2D eigenvalue weighted by atomic mass is 19.3. The highest BCUT2D eigenvalue weighted by molar-refractivity contribution is 5.54. The van der Waals surface area contributed by atoms with Crippen LogP contribution in [0.5, 0.6) is 5.75 Å². The molecule has 0 saturated heterocycles. The van der Waals surface area contributed by atoms with Crippen LogP contribution in [0.2, 0.25) is 0 Å². The fraction of sp³-hybridized carbons (Fsp3) is 0.429. The van der Waals surface area contributed by atoms with Gasteiger partial charge in [-0.1, -0.05) is 26.0 Å². The average Bonchev–Trinajstić information content (AvgIpc) is 2.34. The maximum absolute atomic E-state index is 12.8. The lowest BCUT2D eigenvalue weighted by Crippen LogP contribution is -1.94. The van der Waals surface area contributed by atoms with Crippen LogP contribution < -0.4 is 4.74 Å². The monoisotopic (exact) mass is 254 g/mol. The summed E-state index contributed by atoms with van der Waals surface area (Å²) in [6, 6.07) is 5.02. The molecule has 0 spiro atoms. The maximum Gasteiger partial charge on any atom is 0.267 e. The minimum Gasteiger partial charge on any atom is -0.657 e. The maximum atomic E-state index is 12.8. The smallest absolute Gasteiger partial charge is 0.267 e. The van der Waals surface area contributed by atoms with Crippen LogP contribution in [0, 0.1) is 0 Å². The standard InChI is InChI=1S/C14H18F2NO/c1-10(2)17-8-4-5-11-6-7-13(18-3)12(9-11)14(15)16/h4-7,9-10,14H,8H2,1-3H3/q-1. The van der Waals surface area contributed by atoms with Gasteiger partial charge in [0.2, 0.25) is 0 Å². The summed E-state index contributed by atoms with van der Waals surface area (Å²) in [5.41, 5.74) is 0.644. The predicted octanol–water partition coefficient (Wildman–Crippen LogP) is 4.43. The summed E-state index contributed by atoms with van der Waals surface area (Å²) < 4.78 is 30.4. The lowest BCUT2D eigenvalue weighted by atomic mass is 10.1. The number of halogens is 2. The van der Waals surface area contributed by atoms with Crippen LogP contribution >= 0.6 is 0 Å². The predicted molar refractivity (Wildman–Crippen MR) is 70.3 cm³/mol. The summed E-state index contributed by atoms with van der Waals surface area (Å²) in [6.45, 7) is 4.58. The van der Waals surface area contributed by atoms with Gasteiger partial charge in [0.05, 0.1) is 12.7 Å². The summed E-state index contributed by atoms with van der Waals surface area (Å²) in [7, 11) is 1.39. The van der Waals surface area contributed by atoms with Crippen molar-refractivity contribution < 1.29 is 13.5 Å². The van der Waals surface area contributed by atoms with Gasteiger partial charge in [0.25, 0.3) is 6.43 Å². The number of benzene rings is 1. The first-order valence-corrected chi connectivity index (χ1v) is 5.83. The Morgan fingerprint density at radius 3 is 2.61 bits per heavy atom. The van der Waals surface area contributed by atoms with Gasteiger partial charge in [-0.25, -0.2) is 8.78 Å². The van der Waals surface area contributed by atoms with Crippen molar-refractivity contribution in [2.45, 2.75) is 26.3 Å². The molecule has 0 amide bonds. The SMILES string of the molecule is COc1ccc(C=CC[N-]C(C)C)cc1C(F)F. The van der Waals surface area contributed by atoms with E-state index in [1.54, 1.807) is 18.2 Å². The molecule has 0 radical (unpaired) electrons. The number of rotatable bonds is 6. The van der Waals surface area contributed by atoms with Gasteiger partial charge in [-0.2, -0.15) is 0 Å². The van der Waals surface area contributed by atoms with E-state index in [9.17, 15) is 8.78 Å². The zero-order valence-corrected chi connectivity index (χ0v) is 10.9. The summed E-state index contributed by atoms with van der Waals surface area (Å²) in [5, 5.41) is 4.27. The summed E-state index contributed by atoms with van der Waals surface area (Å²) in [6.07, 6.45) is 1.11. The van der Waals surface area contributed by atoms with Crippen molar-refractivity contribution in [1.82, 2.24) is 0 Å². The Labute approximate surface area is 107 Å². The topological polar surface area (TPSA) is 23.3 Å². The Morgan fingerprint density at radius 2 is 2.06 bits per heavy atom. The minimum atomic E-state index is -2.53. The van der Waals surface area contributed by atoms with Crippen LogP contribution in [-0.2, 0) is 0 Å². The molecule has 1 aromatic rings. The first kappa shape index (κ1) is 14.6. The molecule has 0 aromatic heterocycles. The van der Waals surface area contributed by atoms with E-state index in [-0.39, 0.29) is 17.4 Å². The molecule has 0 fully saturated rings. The first-order chi connectivity index (χ1) is 8.54. The van der Waals surface area contributed by atoms with Crippen molar-refractivity contribution in [1.29, 1.82) is 0 Å². The molecule has 0 bridgehead atoms. The zero-order chi connectivity index (χ0) is 13.5. The van der Waals surface area contributed by atoms with E-state index in [1.165, 1.54) is 13.2 Å². The summed E-state index contributed by atoms with van der Waals surface area (Å²) in [4.78, 5) is 0. The number of nitrogens with zero attached hydrogens (tertiary/aromatic N) is 1. The number of methoxy groups -OCH3 is 1. The Balaban J connectivity index is 2.75. The third-order valence-electron chi connectivity index (χ3n) is 2.38. The van der Waals surface area contributed by atoms with Crippen LogP contribution in [-0.4, -0.2) is 19.7 Å². The van der Waals surface area contributed by atoms with E-state index >= 15 is 0 Å². The molecule has 0 aliphatic heterocycles.